The van der Waals surface area contributed by atoms with Crippen molar-refractivity contribution in [1.82, 2.24) is 4.90 Å². The van der Waals surface area contributed by atoms with E-state index in [-0.39, 0.29) is 19.3 Å². The molecule has 0 fully saturated rings. The van der Waals surface area contributed by atoms with Gasteiger partial charge in [-0.05, 0) is 43.7 Å². The van der Waals surface area contributed by atoms with Crippen LogP contribution >= 0.6 is 0 Å². The molecule has 1 amide bonds. The van der Waals surface area contributed by atoms with Crippen molar-refractivity contribution in [2.24, 2.45) is 0 Å². The minimum Gasteiger partial charge on any atom is -0.493 e. The Hall–Kier alpha value is -3.48. The Balaban J connectivity index is 1.52. The summed E-state index contributed by atoms with van der Waals surface area (Å²) in [5.41, 5.74) is 1.67. The lowest BCUT2D eigenvalue weighted by atomic mass is 10.2. The van der Waals surface area contributed by atoms with Gasteiger partial charge in [0.2, 0.25) is 6.79 Å². The lowest BCUT2D eigenvalue weighted by Crippen LogP contribution is -2.33. The van der Waals surface area contributed by atoms with E-state index in [2.05, 4.69) is 0 Å². The lowest BCUT2D eigenvalue weighted by Gasteiger charge is -2.20. The van der Waals surface area contributed by atoms with E-state index in [1.807, 2.05) is 56.3 Å². The van der Waals surface area contributed by atoms with Gasteiger partial charge < -0.3 is 23.8 Å². The Kier molecular flexibility index (Phi) is 7.32. The van der Waals surface area contributed by atoms with Crippen LogP contribution in [-0.2, 0) is 20.9 Å². The van der Waals surface area contributed by atoms with E-state index in [1.165, 1.54) is 6.08 Å². The molecule has 0 N–H and O–H groups in total. The van der Waals surface area contributed by atoms with Crippen molar-refractivity contribution in [3.63, 3.8) is 0 Å². The summed E-state index contributed by atoms with van der Waals surface area (Å²) in [4.78, 5) is 26.1. The number of carbonyl (C=O) groups is 2. The van der Waals surface area contributed by atoms with Crippen molar-refractivity contribution >= 4 is 18.0 Å². The lowest BCUT2D eigenvalue weighted by molar-refractivity contribution is -0.148. The van der Waals surface area contributed by atoms with Crippen molar-refractivity contribution in [3.05, 3.63) is 59.7 Å². The molecular weight excluding hydrogens is 386 g/mol. The molecule has 30 heavy (non-hydrogen) atoms. The fourth-order valence-electron chi connectivity index (χ4n) is 2.97. The first-order valence-electron chi connectivity index (χ1n) is 9.83. The van der Waals surface area contributed by atoms with Crippen molar-refractivity contribution in [1.29, 1.82) is 0 Å². The summed E-state index contributed by atoms with van der Waals surface area (Å²) < 4.78 is 21.3. The maximum Gasteiger partial charge on any atom is 0.331 e. The highest BCUT2D eigenvalue weighted by atomic mass is 16.7. The quantitative estimate of drug-likeness (QED) is 0.465. The van der Waals surface area contributed by atoms with E-state index in [0.717, 1.165) is 11.1 Å². The second kappa shape index (κ2) is 10.3. The summed E-state index contributed by atoms with van der Waals surface area (Å²) in [7, 11) is 0. The van der Waals surface area contributed by atoms with Crippen LogP contribution in [0.1, 0.15) is 25.0 Å². The van der Waals surface area contributed by atoms with Crippen molar-refractivity contribution in [2.45, 2.75) is 20.4 Å². The Morgan fingerprint density at radius 1 is 1.10 bits per heavy atom. The summed E-state index contributed by atoms with van der Waals surface area (Å²) in [6, 6.07) is 12.9. The van der Waals surface area contributed by atoms with Gasteiger partial charge in [-0.15, -0.1) is 0 Å². The molecule has 1 heterocycles. The van der Waals surface area contributed by atoms with Crippen molar-refractivity contribution < 1.29 is 28.5 Å². The first kappa shape index (κ1) is 21.2. The number of likely N-dealkylation sites (N-methyl/N-ethyl adjacent to an activating group) is 1. The molecule has 158 valence electrons. The van der Waals surface area contributed by atoms with Gasteiger partial charge in [-0.1, -0.05) is 24.3 Å². The predicted molar refractivity (Wildman–Crippen MR) is 111 cm³/mol. The van der Waals surface area contributed by atoms with Crippen LogP contribution in [0.3, 0.4) is 0 Å². The van der Waals surface area contributed by atoms with Crippen LogP contribution in [0.15, 0.2) is 48.5 Å². The molecule has 3 rings (SSSR count). The standard InChI is InChI=1S/C23H25NO6/c1-3-24(14-17-9-11-20-21(13-17)30-16-29-20)22(25)15-28-23(26)12-10-18-7-5-6-8-19(18)27-4-2/h5-13H,3-4,14-16H2,1-2H3/b12-10+. The molecule has 0 radical (unpaired) electrons. The van der Waals surface area contributed by atoms with Gasteiger partial charge in [0, 0.05) is 24.7 Å². The molecule has 0 atom stereocenters. The minimum atomic E-state index is -0.589. The van der Waals surface area contributed by atoms with E-state index < -0.39 is 5.97 Å². The maximum absolute atomic E-state index is 12.5. The SMILES string of the molecule is CCOc1ccccc1/C=C/C(=O)OCC(=O)N(CC)Cc1ccc2c(c1)OCO2. The minimum absolute atomic E-state index is 0.202. The van der Waals surface area contributed by atoms with Gasteiger partial charge in [-0.2, -0.15) is 0 Å². The van der Waals surface area contributed by atoms with Crippen LogP contribution in [0, 0.1) is 0 Å². The number of nitrogens with zero attached hydrogens (tertiary/aromatic N) is 1. The van der Waals surface area contributed by atoms with E-state index in [4.69, 9.17) is 18.9 Å². The van der Waals surface area contributed by atoms with E-state index in [0.29, 0.717) is 36.9 Å². The highest BCUT2D eigenvalue weighted by Gasteiger charge is 2.17. The number of benzene rings is 2. The van der Waals surface area contributed by atoms with Crippen LogP contribution in [0.25, 0.3) is 6.08 Å². The Labute approximate surface area is 175 Å². The zero-order chi connectivity index (χ0) is 21.3. The molecular formula is C23H25NO6. The average Bonchev–Trinajstić information content (AvgIpc) is 3.23. The fraction of sp³-hybridized carbons (Fsp3) is 0.304. The third kappa shape index (κ3) is 5.53. The Morgan fingerprint density at radius 3 is 2.70 bits per heavy atom. The highest BCUT2D eigenvalue weighted by molar-refractivity contribution is 5.89. The summed E-state index contributed by atoms with van der Waals surface area (Å²) in [5.74, 6) is 1.18. The smallest absolute Gasteiger partial charge is 0.331 e. The number of rotatable bonds is 9. The molecule has 7 nitrogen and oxygen atoms in total. The largest absolute Gasteiger partial charge is 0.493 e. The van der Waals surface area contributed by atoms with E-state index in [9.17, 15) is 9.59 Å². The van der Waals surface area contributed by atoms with Gasteiger partial charge >= 0.3 is 5.97 Å². The molecule has 0 spiro atoms. The molecule has 1 aliphatic rings. The topological polar surface area (TPSA) is 74.3 Å². The fourth-order valence-corrected chi connectivity index (χ4v) is 2.97. The maximum atomic E-state index is 12.5. The van der Waals surface area contributed by atoms with Gasteiger partial charge in [0.25, 0.3) is 5.91 Å². The first-order chi connectivity index (χ1) is 14.6. The summed E-state index contributed by atoms with van der Waals surface area (Å²) in [6.07, 6.45) is 2.90. The molecule has 0 aromatic heterocycles. The number of esters is 1. The molecule has 7 heteroatoms. The van der Waals surface area contributed by atoms with E-state index in [1.54, 1.807) is 11.0 Å². The highest BCUT2D eigenvalue weighted by Crippen LogP contribution is 2.32. The third-order valence-electron chi connectivity index (χ3n) is 4.50. The number of hydrogen-bond donors (Lipinski definition) is 0. The van der Waals surface area contributed by atoms with Gasteiger partial charge in [-0.3, -0.25) is 4.79 Å². The van der Waals surface area contributed by atoms with Crippen molar-refractivity contribution in [3.8, 4) is 17.2 Å². The molecule has 0 saturated heterocycles. The summed E-state index contributed by atoms with van der Waals surface area (Å²) >= 11 is 0. The second-order valence-electron chi connectivity index (χ2n) is 6.51. The average molecular weight is 411 g/mol. The Morgan fingerprint density at radius 2 is 1.90 bits per heavy atom. The van der Waals surface area contributed by atoms with Crippen LogP contribution in [-0.4, -0.2) is 43.3 Å². The second-order valence-corrected chi connectivity index (χ2v) is 6.51. The summed E-state index contributed by atoms with van der Waals surface area (Å²) in [6.45, 7) is 5.05. The normalized spacial score (nSPS) is 12.1. The molecule has 0 unspecified atom stereocenters. The number of fused-ring (bicyclic) bond motifs is 1. The molecule has 2 aromatic carbocycles. The summed E-state index contributed by atoms with van der Waals surface area (Å²) in [5, 5.41) is 0. The molecule has 0 aliphatic carbocycles. The number of hydrogen-bond acceptors (Lipinski definition) is 6. The van der Waals surface area contributed by atoms with Crippen LogP contribution < -0.4 is 14.2 Å². The van der Waals surface area contributed by atoms with Gasteiger partial charge in [0.15, 0.2) is 18.1 Å². The number of para-hydroxylation sites is 1. The molecule has 0 bridgehead atoms. The molecule has 2 aromatic rings. The van der Waals surface area contributed by atoms with Gasteiger partial charge in [-0.25, -0.2) is 4.79 Å². The van der Waals surface area contributed by atoms with Crippen LogP contribution in [0.5, 0.6) is 17.2 Å². The number of ether oxygens (including phenoxy) is 4. The van der Waals surface area contributed by atoms with Gasteiger partial charge in [0.1, 0.15) is 5.75 Å². The van der Waals surface area contributed by atoms with Crippen LogP contribution in [0.2, 0.25) is 0 Å². The zero-order valence-corrected chi connectivity index (χ0v) is 17.1. The molecule has 0 saturated carbocycles. The first-order valence-corrected chi connectivity index (χ1v) is 9.83. The van der Waals surface area contributed by atoms with E-state index >= 15 is 0 Å². The monoisotopic (exact) mass is 411 g/mol. The van der Waals surface area contributed by atoms with Gasteiger partial charge in [0.05, 0.1) is 6.61 Å². The van der Waals surface area contributed by atoms with Crippen molar-refractivity contribution in [2.75, 3.05) is 26.6 Å². The molecule has 1 aliphatic heterocycles. The third-order valence-corrected chi connectivity index (χ3v) is 4.50. The number of carbonyl (C=O) groups excluding carboxylic acids is 2. The zero-order valence-electron chi connectivity index (χ0n) is 17.1. The van der Waals surface area contributed by atoms with Crippen LogP contribution in [0.4, 0.5) is 0 Å². The Bertz CT molecular complexity index is 924. The predicted octanol–water partition coefficient (Wildman–Crippen LogP) is 3.42. The number of amides is 1.